The first kappa shape index (κ1) is 17.6. The van der Waals surface area contributed by atoms with Crippen molar-refractivity contribution in [2.45, 2.75) is 19.4 Å². The van der Waals surface area contributed by atoms with Crippen LogP contribution in [0.2, 0.25) is 0 Å². The molecular weight excluding hydrogens is 386 g/mol. The minimum Gasteiger partial charge on any atom is -0.453 e. The Bertz CT molecular complexity index is 1240. The van der Waals surface area contributed by atoms with Crippen molar-refractivity contribution in [1.29, 1.82) is 0 Å². The Morgan fingerprint density at radius 2 is 2.10 bits per heavy atom. The number of aryl methyl sites for hydroxylation is 1. The van der Waals surface area contributed by atoms with Gasteiger partial charge in [-0.05, 0) is 42.1 Å². The van der Waals surface area contributed by atoms with Gasteiger partial charge in [-0.3, -0.25) is 9.20 Å². The third-order valence-electron chi connectivity index (χ3n) is 4.94. The molecule has 4 aromatic rings. The molecule has 0 spiro atoms. The number of nitrogens with zero attached hydrogens (tertiary/aromatic N) is 2. The van der Waals surface area contributed by atoms with Crippen LogP contribution in [0.3, 0.4) is 0 Å². The highest BCUT2D eigenvalue weighted by molar-refractivity contribution is 7.13. The molecule has 6 nitrogen and oxygen atoms in total. The summed E-state index contributed by atoms with van der Waals surface area (Å²) in [5, 5.41) is 4.97. The van der Waals surface area contributed by atoms with Crippen molar-refractivity contribution in [2.75, 3.05) is 5.32 Å². The summed E-state index contributed by atoms with van der Waals surface area (Å²) in [5.41, 5.74) is 3.85. The second-order valence-electron chi connectivity index (χ2n) is 6.95. The van der Waals surface area contributed by atoms with Crippen LogP contribution in [0.15, 0.2) is 60.1 Å². The highest BCUT2D eigenvalue weighted by Gasteiger charge is 2.32. The van der Waals surface area contributed by atoms with Crippen molar-refractivity contribution >= 4 is 34.7 Å². The summed E-state index contributed by atoms with van der Waals surface area (Å²) < 4.78 is 7.28. The molecule has 0 bridgehead atoms. The normalized spacial score (nSPS) is 15.3. The molecule has 1 unspecified atom stereocenters. The fourth-order valence-corrected chi connectivity index (χ4v) is 4.29. The smallest absolute Gasteiger partial charge is 0.339 e. The van der Waals surface area contributed by atoms with Gasteiger partial charge in [0.1, 0.15) is 23.3 Å². The van der Waals surface area contributed by atoms with Gasteiger partial charge in [0.25, 0.3) is 0 Å². The fraction of sp³-hybridized carbons (Fsp3) is 0.136. The molecule has 29 heavy (non-hydrogen) atoms. The average molecular weight is 403 g/mol. The lowest BCUT2D eigenvalue weighted by atomic mass is 10.0. The van der Waals surface area contributed by atoms with E-state index in [1.165, 1.54) is 0 Å². The lowest BCUT2D eigenvalue weighted by Gasteiger charge is -2.12. The van der Waals surface area contributed by atoms with E-state index >= 15 is 0 Å². The molecule has 1 amide bonds. The number of cyclic esters (lactones) is 1. The minimum atomic E-state index is -0.578. The Labute approximate surface area is 170 Å². The van der Waals surface area contributed by atoms with Gasteiger partial charge in [0, 0.05) is 11.8 Å². The predicted molar refractivity (Wildman–Crippen MR) is 111 cm³/mol. The van der Waals surface area contributed by atoms with Gasteiger partial charge in [0.15, 0.2) is 0 Å². The van der Waals surface area contributed by atoms with E-state index in [-0.39, 0.29) is 18.3 Å². The van der Waals surface area contributed by atoms with Crippen molar-refractivity contribution < 1.29 is 14.3 Å². The van der Waals surface area contributed by atoms with Crippen LogP contribution in [0.25, 0.3) is 16.2 Å². The van der Waals surface area contributed by atoms with E-state index in [0.29, 0.717) is 11.4 Å². The molecular formula is C22H17N3O3S. The number of carbonyl (C=O) groups is 2. The lowest BCUT2D eigenvalue weighted by molar-refractivity contribution is -0.118. The molecule has 1 aliphatic heterocycles. The van der Waals surface area contributed by atoms with E-state index in [2.05, 4.69) is 5.32 Å². The molecule has 0 aliphatic carbocycles. The van der Waals surface area contributed by atoms with E-state index in [0.717, 1.165) is 27.3 Å². The van der Waals surface area contributed by atoms with E-state index < -0.39 is 6.10 Å². The van der Waals surface area contributed by atoms with Crippen LogP contribution in [0.5, 0.6) is 0 Å². The number of ether oxygens (including phenoxy) is 1. The molecule has 3 aromatic heterocycles. The first-order valence-electron chi connectivity index (χ1n) is 9.22. The topological polar surface area (TPSA) is 72.7 Å². The van der Waals surface area contributed by atoms with Crippen LogP contribution in [0.1, 0.15) is 34.0 Å². The van der Waals surface area contributed by atoms with Gasteiger partial charge >= 0.3 is 5.97 Å². The summed E-state index contributed by atoms with van der Waals surface area (Å²) in [5.74, 6) is -0.00676. The molecule has 1 aromatic carbocycles. The number of rotatable bonds is 4. The van der Waals surface area contributed by atoms with Gasteiger partial charge in [-0.1, -0.05) is 24.3 Å². The number of fused-ring (bicyclic) bond motifs is 2. The van der Waals surface area contributed by atoms with E-state index in [4.69, 9.17) is 9.72 Å². The maximum Gasteiger partial charge on any atom is 0.339 e. The number of hydrogen-bond acceptors (Lipinski definition) is 5. The van der Waals surface area contributed by atoms with Crippen LogP contribution in [0, 0.1) is 6.92 Å². The maximum absolute atomic E-state index is 12.9. The number of imidazole rings is 1. The number of thiophene rings is 1. The monoisotopic (exact) mass is 403 g/mol. The summed E-state index contributed by atoms with van der Waals surface area (Å²) in [6.45, 7) is 2.00. The number of pyridine rings is 1. The van der Waals surface area contributed by atoms with Gasteiger partial charge < -0.3 is 10.1 Å². The van der Waals surface area contributed by atoms with Gasteiger partial charge in [-0.15, -0.1) is 11.3 Å². The molecule has 0 saturated carbocycles. The minimum absolute atomic E-state index is 0.0473. The summed E-state index contributed by atoms with van der Waals surface area (Å²) >= 11 is 1.56. The third kappa shape index (κ3) is 3.09. The Kier molecular flexibility index (Phi) is 4.17. The van der Waals surface area contributed by atoms with E-state index in [9.17, 15) is 9.59 Å². The molecule has 5 rings (SSSR count). The van der Waals surface area contributed by atoms with Crippen LogP contribution in [0.4, 0.5) is 5.82 Å². The fourth-order valence-electron chi connectivity index (χ4n) is 3.57. The molecule has 0 saturated heterocycles. The molecule has 144 valence electrons. The number of nitrogens with one attached hydrogen (secondary N) is 1. The Morgan fingerprint density at radius 1 is 1.24 bits per heavy atom. The van der Waals surface area contributed by atoms with Crippen molar-refractivity contribution in [3.8, 4) is 10.6 Å². The quantitative estimate of drug-likeness (QED) is 0.505. The van der Waals surface area contributed by atoms with Gasteiger partial charge in [-0.2, -0.15) is 0 Å². The average Bonchev–Trinajstić information content (AvgIpc) is 3.41. The molecule has 4 heterocycles. The zero-order valence-electron chi connectivity index (χ0n) is 15.6. The number of anilines is 1. The number of amides is 1. The van der Waals surface area contributed by atoms with Crippen molar-refractivity contribution in [3.05, 3.63) is 76.8 Å². The lowest BCUT2D eigenvalue weighted by Crippen LogP contribution is -2.17. The zero-order chi connectivity index (χ0) is 20.0. The Hall–Kier alpha value is -3.45. The largest absolute Gasteiger partial charge is 0.453 e. The first-order valence-corrected chi connectivity index (χ1v) is 10.1. The summed E-state index contributed by atoms with van der Waals surface area (Å²) in [7, 11) is 0. The third-order valence-corrected chi connectivity index (χ3v) is 5.82. The van der Waals surface area contributed by atoms with E-state index in [1.54, 1.807) is 23.5 Å². The predicted octanol–water partition coefficient (Wildman–Crippen LogP) is 4.61. The molecule has 1 aliphatic rings. The summed E-state index contributed by atoms with van der Waals surface area (Å²) in [4.78, 5) is 30.6. The summed E-state index contributed by atoms with van der Waals surface area (Å²) in [6, 6.07) is 15.0. The maximum atomic E-state index is 12.9. The standard InChI is InChI=1S/C22H17N3O3S/c1-13-8-9-25-18(11-13)23-20(17-7-4-10-29-17)21(25)24-19(26)12-16-14-5-2-3-6-15(14)22(27)28-16/h2-11,16H,12H2,1H3,(H,24,26). The highest BCUT2D eigenvalue weighted by atomic mass is 32.1. The number of aromatic nitrogens is 2. The zero-order valence-corrected chi connectivity index (χ0v) is 16.4. The Balaban J connectivity index is 1.47. The number of esters is 1. The van der Waals surface area contributed by atoms with Crippen LogP contribution in [-0.4, -0.2) is 21.3 Å². The van der Waals surface area contributed by atoms with Gasteiger partial charge in [0.05, 0.1) is 16.9 Å². The van der Waals surface area contributed by atoms with Crippen LogP contribution >= 0.6 is 11.3 Å². The van der Waals surface area contributed by atoms with Gasteiger partial charge in [0.2, 0.25) is 5.91 Å². The summed E-state index contributed by atoms with van der Waals surface area (Å²) in [6.07, 6.45) is 1.37. The highest BCUT2D eigenvalue weighted by Crippen LogP contribution is 2.35. The number of hydrogen-bond donors (Lipinski definition) is 1. The second-order valence-corrected chi connectivity index (χ2v) is 7.90. The van der Waals surface area contributed by atoms with E-state index in [1.807, 2.05) is 59.3 Å². The van der Waals surface area contributed by atoms with Crippen LogP contribution in [-0.2, 0) is 9.53 Å². The number of carbonyl (C=O) groups excluding carboxylic acids is 2. The van der Waals surface area contributed by atoms with Crippen LogP contribution < -0.4 is 5.32 Å². The molecule has 7 heteroatoms. The number of benzene rings is 1. The molecule has 0 fully saturated rings. The second kappa shape index (κ2) is 6.86. The van der Waals surface area contributed by atoms with Crippen molar-refractivity contribution in [3.63, 3.8) is 0 Å². The van der Waals surface area contributed by atoms with Gasteiger partial charge in [-0.25, -0.2) is 9.78 Å². The molecule has 1 atom stereocenters. The van der Waals surface area contributed by atoms with Crippen molar-refractivity contribution in [2.24, 2.45) is 0 Å². The SMILES string of the molecule is Cc1ccn2c(NC(=O)CC3OC(=O)c4ccccc43)c(-c3cccs3)nc2c1. The molecule has 1 N–H and O–H groups in total. The Morgan fingerprint density at radius 3 is 2.93 bits per heavy atom. The first-order chi connectivity index (χ1) is 14.1. The van der Waals surface area contributed by atoms with Crippen molar-refractivity contribution in [1.82, 2.24) is 9.38 Å². The molecule has 0 radical (unpaired) electrons.